The number of rotatable bonds is 47. The van der Waals surface area contributed by atoms with Gasteiger partial charge in [-0.1, -0.05) is 197 Å². The molecule has 0 aliphatic heterocycles. The summed E-state index contributed by atoms with van der Waals surface area (Å²) in [7, 11) is 5.54. The highest BCUT2D eigenvalue weighted by atomic mass is 16.6. The molecule has 1 N–H and O–H groups in total. The highest BCUT2D eigenvalue weighted by molar-refractivity contribution is 5.72. The molecule has 0 spiro atoms. The monoisotopic (exact) mass is 899 g/mol. The largest absolute Gasteiger partial charge is 0.477 e. The van der Waals surface area contributed by atoms with E-state index in [0.29, 0.717) is 19.3 Å². The Kier molecular flexibility index (Phi) is 44.4. The van der Waals surface area contributed by atoms with Crippen molar-refractivity contribution in [2.45, 2.75) is 238 Å². The molecule has 0 aliphatic carbocycles. The first-order valence-electron chi connectivity index (χ1n) is 26.3. The van der Waals surface area contributed by atoms with Gasteiger partial charge in [-0.2, -0.15) is 0 Å². The van der Waals surface area contributed by atoms with Gasteiger partial charge in [-0.15, -0.1) is 0 Å². The van der Waals surface area contributed by atoms with Crippen molar-refractivity contribution in [3.05, 3.63) is 60.8 Å². The van der Waals surface area contributed by atoms with Crippen LogP contribution in [0.2, 0.25) is 0 Å². The molecule has 2 unspecified atom stereocenters. The van der Waals surface area contributed by atoms with Crippen molar-refractivity contribution in [2.75, 3.05) is 41.0 Å². The van der Waals surface area contributed by atoms with Crippen molar-refractivity contribution in [2.24, 2.45) is 0 Å². The van der Waals surface area contributed by atoms with Gasteiger partial charge in [0.05, 0.1) is 34.4 Å². The minimum atomic E-state index is -0.875. The fraction of sp³-hybridized carbons (Fsp3) is 0.768. The Labute approximate surface area is 394 Å². The van der Waals surface area contributed by atoms with Crippen LogP contribution in [0.5, 0.6) is 0 Å². The lowest BCUT2D eigenvalue weighted by Gasteiger charge is -2.31. The quantitative estimate of drug-likeness (QED) is 0.0213. The smallest absolute Gasteiger partial charge is 0.362 e. The fourth-order valence-electron chi connectivity index (χ4n) is 7.63. The van der Waals surface area contributed by atoms with E-state index < -0.39 is 18.1 Å². The van der Waals surface area contributed by atoms with E-state index in [1.807, 2.05) is 21.1 Å². The van der Waals surface area contributed by atoms with Crippen LogP contribution >= 0.6 is 0 Å². The van der Waals surface area contributed by atoms with Crippen LogP contribution in [-0.4, -0.2) is 80.6 Å². The van der Waals surface area contributed by atoms with Crippen molar-refractivity contribution >= 4 is 17.9 Å². The summed E-state index contributed by atoms with van der Waals surface area (Å²) in [6.07, 6.45) is 58.4. The average molecular weight is 899 g/mol. The van der Waals surface area contributed by atoms with Gasteiger partial charge in [-0.3, -0.25) is 9.59 Å². The zero-order chi connectivity index (χ0) is 47.0. The minimum Gasteiger partial charge on any atom is -0.477 e. The number of carbonyl (C=O) groups excluding carboxylic acids is 2. The molecule has 0 aliphatic rings. The lowest BCUT2D eigenvalue weighted by Crippen LogP contribution is -2.50. The SMILES string of the molecule is CC/C=C/C/C=C/C/C=C/CCCCCCCCCCCCCC(=O)OCC(COCCC(C(=O)O)[N+](C)(C)C)OC(=O)CCCCCCCCCCCC/C=C/C=C/CCCCC. The second-order valence-corrected chi connectivity index (χ2v) is 18.8. The first-order chi connectivity index (χ1) is 31.1. The molecule has 0 saturated carbocycles. The zero-order valence-corrected chi connectivity index (χ0v) is 42.2. The Hall–Kier alpha value is -2.97. The second kappa shape index (κ2) is 46.6. The van der Waals surface area contributed by atoms with Gasteiger partial charge in [0.2, 0.25) is 0 Å². The van der Waals surface area contributed by atoms with Crippen LogP contribution < -0.4 is 0 Å². The maximum Gasteiger partial charge on any atom is 0.362 e. The summed E-state index contributed by atoms with van der Waals surface area (Å²) in [6.45, 7) is 4.62. The number of carbonyl (C=O) groups is 3. The van der Waals surface area contributed by atoms with Gasteiger partial charge >= 0.3 is 17.9 Å². The van der Waals surface area contributed by atoms with Crippen molar-refractivity contribution in [1.82, 2.24) is 0 Å². The molecule has 0 rings (SSSR count). The number of esters is 2. The van der Waals surface area contributed by atoms with Gasteiger partial charge in [0, 0.05) is 19.3 Å². The van der Waals surface area contributed by atoms with Gasteiger partial charge in [0.15, 0.2) is 12.1 Å². The lowest BCUT2D eigenvalue weighted by molar-refractivity contribution is -0.887. The van der Waals surface area contributed by atoms with Gasteiger partial charge in [0.25, 0.3) is 0 Å². The molecule has 0 radical (unpaired) electrons. The Morgan fingerprint density at radius 1 is 0.500 bits per heavy atom. The Bertz CT molecular complexity index is 1230. The molecule has 0 aromatic carbocycles. The molecule has 370 valence electrons. The molecular formula is C56H100NO7+. The average Bonchev–Trinajstić information content (AvgIpc) is 3.26. The Balaban J connectivity index is 4.22. The number of carboxylic acid groups (broad SMARTS) is 1. The number of aliphatic carboxylic acids is 1. The number of likely N-dealkylation sites (N-methyl/N-ethyl adjacent to an activating group) is 1. The third-order valence-electron chi connectivity index (χ3n) is 11.7. The van der Waals surface area contributed by atoms with Gasteiger partial charge in [0.1, 0.15) is 6.61 Å². The lowest BCUT2D eigenvalue weighted by atomic mass is 10.0. The summed E-state index contributed by atoms with van der Waals surface area (Å²) < 4.78 is 17.4. The van der Waals surface area contributed by atoms with Crippen molar-refractivity contribution in [1.29, 1.82) is 0 Å². The first kappa shape index (κ1) is 61.0. The topological polar surface area (TPSA) is 99.1 Å². The van der Waals surface area contributed by atoms with Crippen LogP contribution in [0.1, 0.15) is 226 Å². The molecule has 2 atom stereocenters. The predicted molar refractivity (Wildman–Crippen MR) is 271 cm³/mol. The highest BCUT2D eigenvalue weighted by Crippen LogP contribution is 2.16. The van der Waals surface area contributed by atoms with E-state index in [9.17, 15) is 19.5 Å². The molecule has 0 amide bonds. The fourth-order valence-corrected chi connectivity index (χ4v) is 7.63. The summed E-state index contributed by atoms with van der Waals surface area (Å²) in [6, 6.07) is -0.618. The zero-order valence-electron chi connectivity index (χ0n) is 42.2. The number of allylic oxidation sites excluding steroid dienone is 10. The van der Waals surface area contributed by atoms with Crippen LogP contribution in [-0.2, 0) is 28.6 Å². The molecule has 0 saturated heterocycles. The third-order valence-corrected chi connectivity index (χ3v) is 11.7. The van der Waals surface area contributed by atoms with Gasteiger partial charge in [-0.25, -0.2) is 4.79 Å². The molecule has 0 bridgehead atoms. The summed E-state index contributed by atoms with van der Waals surface area (Å²) >= 11 is 0. The van der Waals surface area contributed by atoms with Crippen LogP contribution in [0.3, 0.4) is 0 Å². The van der Waals surface area contributed by atoms with Gasteiger partial charge in [-0.05, 0) is 70.6 Å². The molecule has 64 heavy (non-hydrogen) atoms. The molecule has 8 nitrogen and oxygen atoms in total. The molecule has 8 heteroatoms. The van der Waals surface area contributed by atoms with Crippen LogP contribution in [0.4, 0.5) is 0 Å². The van der Waals surface area contributed by atoms with E-state index in [1.165, 1.54) is 135 Å². The maximum atomic E-state index is 12.8. The van der Waals surface area contributed by atoms with Crippen molar-refractivity contribution < 1.29 is 38.2 Å². The van der Waals surface area contributed by atoms with Crippen LogP contribution in [0.15, 0.2) is 60.8 Å². The summed E-state index contributed by atoms with van der Waals surface area (Å²) in [4.78, 5) is 37.2. The minimum absolute atomic E-state index is 0.0543. The van der Waals surface area contributed by atoms with Crippen molar-refractivity contribution in [3.63, 3.8) is 0 Å². The van der Waals surface area contributed by atoms with E-state index in [2.05, 4.69) is 74.6 Å². The molecule has 0 fully saturated rings. The number of hydrogen-bond donors (Lipinski definition) is 1. The number of ether oxygens (including phenoxy) is 3. The molecule has 0 heterocycles. The van der Waals surface area contributed by atoms with Crippen LogP contribution in [0.25, 0.3) is 0 Å². The number of carboxylic acids is 1. The number of hydrogen-bond acceptors (Lipinski definition) is 6. The van der Waals surface area contributed by atoms with E-state index in [4.69, 9.17) is 14.2 Å². The first-order valence-corrected chi connectivity index (χ1v) is 26.3. The number of unbranched alkanes of at least 4 members (excludes halogenated alkanes) is 24. The highest BCUT2D eigenvalue weighted by Gasteiger charge is 2.31. The third kappa shape index (κ3) is 44.2. The molecular weight excluding hydrogens is 799 g/mol. The Morgan fingerprint density at radius 2 is 0.922 bits per heavy atom. The van der Waals surface area contributed by atoms with Crippen molar-refractivity contribution in [3.8, 4) is 0 Å². The Morgan fingerprint density at radius 3 is 1.39 bits per heavy atom. The number of quaternary nitrogens is 1. The van der Waals surface area contributed by atoms with Crippen LogP contribution in [0, 0.1) is 0 Å². The summed E-state index contributed by atoms with van der Waals surface area (Å²) in [5.41, 5.74) is 0. The molecule has 0 aromatic heterocycles. The predicted octanol–water partition coefficient (Wildman–Crippen LogP) is 15.3. The molecule has 0 aromatic rings. The van der Waals surface area contributed by atoms with Gasteiger partial charge < -0.3 is 23.8 Å². The van der Waals surface area contributed by atoms with E-state index in [-0.39, 0.29) is 36.2 Å². The second-order valence-electron chi connectivity index (χ2n) is 18.8. The van der Waals surface area contributed by atoms with E-state index in [0.717, 1.165) is 57.8 Å². The summed E-state index contributed by atoms with van der Waals surface area (Å²) in [5.74, 6) is -1.47. The maximum absolute atomic E-state index is 12.8. The number of nitrogens with zero attached hydrogens (tertiary/aromatic N) is 1. The standard InChI is InChI=1S/C56H99NO7/c1-6-8-10-12-14-16-18-20-22-24-26-27-29-30-32-34-36-38-40-42-44-46-54(58)63-51-52(50-62-49-48-53(56(60)61)57(3,4)5)64-55(59)47-45-43-41-39-37-35-33-31-28-25-23-21-19-17-15-13-11-9-7-2/h8,10,14-17,19-22,52-53H,6-7,9,11-13,18,23-51H2,1-5H3/p+1/b10-8+,16-14+,17-15+,21-19+,22-20+. The normalized spacial score (nSPS) is 13.3. The summed E-state index contributed by atoms with van der Waals surface area (Å²) in [5, 5.41) is 9.66. The van der Waals surface area contributed by atoms with E-state index >= 15 is 0 Å². The van der Waals surface area contributed by atoms with E-state index in [1.54, 1.807) is 0 Å².